The van der Waals surface area contributed by atoms with Gasteiger partial charge in [0, 0.05) is 23.4 Å². The van der Waals surface area contributed by atoms with Crippen molar-refractivity contribution in [2.24, 2.45) is 11.7 Å². The average Bonchev–Trinajstić information content (AvgIpc) is 2.84. The highest BCUT2D eigenvalue weighted by Crippen LogP contribution is 2.31. The van der Waals surface area contributed by atoms with Gasteiger partial charge in [0.15, 0.2) is 0 Å². The summed E-state index contributed by atoms with van der Waals surface area (Å²) in [5.74, 6) is 0.657. The van der Waals surface area contributed by atoms with Crippen molar-refractivity contribution in [1.82, 2.24) is 4.98 Å². The van der Waals surface area contributed by atoms with Gasteiger partial charge < -0.3 is 5.73 Å². The number of nitrogens with zero attached hydrogens (tertiary/aromatic N) is 1. The van der Waals surface area contributed by atoms with Gasteiger partial charge >= 0.3 is 0 Å². The Morgan fingerprint density at radius 3 is 2.71 bits per heavy atom. The molecule has 3 heteroatoms. The van der Waals surface area contributed by atoms with E-state index in [2.05, 4.69) is 29.6 Å². The molecule has 1 aliphatic carbocycles. The molecular weight excluding hydrogens is 228 g/mol. The van der Waals surface area contributed by atoms with E-state index in [0.717, 1.165) is 12.1 Å². The molecule has 1 aromatic heterocycles. The maximum atomic E-state index is 5.97. The van der Waals surface area contributed by atoms with E-state index >= 15 is 0 Å². The third-order valence-corrected chi connectivity index (χ3v) is 4.41. The van der Waals surface area contributed by atoms with E-state index < -0.39 is 0 Å². The first-order valence-electron chi connectivity index (χ1n) is 6.08. The van der Waals surface area contributed by atoms with Gasteiger partial charge in [-0.2, -0.15) is 0 Å². The van der Waals surface area contributed by atoms with E-state index in [0.29, 0.717) is 12.0 Å². The van der Waals surface area contributed by atoms with Gasteiger partial charge in [-0.25, -0.2) is 4.98 Å². The largest absolute Gasteiger partial charge is 0.327 e. The second kappa shape index (κ2) is 4.59. The lowest BCUT2D eigenvalue weighted by molar-refractivity contribution is 0.255. The Kier molecular flexibility index (Phi) is 2.95. The monoisotopic (exact) mass is 244 g/mol. The molecule has 2 nitrogen and oxygen atoms in total. The summed E-state index contributed by atoms with van der Waals surface area (Å²) in [7, 11) is 0. The molecule has 0 aliphatic heterocycles. The average molecular weight is 244 g/mol. The molecule has 2 N–H and O–H groups in total. The van der Waals surface area contributed by atoms with Crippen molar-refractivity contribution >= 4 is 11.3 Å². The molecule has 1 aromatic carbocycles. The summed E-state index contributed by atoms with van der Waals surface area (Å²) in [5, 5.41) is 3.37. The summed E-state index contributed by atoms with van der Waals surface area (Å²) in [5.41, 5.74) is 8.26. The quantitative estimate of drug-likeness (QED) is 0.901. The van der Waals surface area contributed by atoms with Crippen molar-refractivity contribution in [2.75, 3.05) is 0 Å². The molecule has 1 fully saturated rings. The Morgan fingerprint density at radius 1 is 1.24 bits per heavy atom. The highest BCUT2D eigenvalue weighted by atomic mass is 32.1. The van der Waals surface area contributed by atoms with Gasteiger partial charge in [0.25, 0.3) is 0 Å². The minimum atomic E-state index is 0.402. The highest BCUT2D eigenvalue weighted by molar-refractivity contribution is 7.09. The predicted molar refractivity (Wildman–Crippen MR) is 72.0 cm³/mol. The molecule has 0 spiro atoms. The third-order valence-electron chi connectivity index (χ3n) is 3.53. The molecule has 88 valence electrons. The van der Waals surface area contributed by atoms with Gasteiger partial charge in [0.2, 0.25) is 0 Å². The van der Waals surface area contributed by atoms with Crippen LogP contribution in [-0.4, -0.2) is 11.0 Å². The number of rotatable bonds is 3. The van der Waals surface area contributed by atoms with Crippen LogP contribution in [0.5, 0.6) is 0 Å². The van der Waals surface area contributed by atoms with E-state index in [1.165, 1.54) is 23.4 Å². The van der Waals surface area contributed by atoms with Gasteiger partial charge in [-0.05, 0) is 18.8 Å². The van der Waals surface area contributed by atoms with E-state index in [-0.39, 0.29) is 0 Å². The number of hydrogen-bond acceptors (Lipinski definition) is 3. The first-order valence-corrected chi connectivity index (χ1v) is 6.96. The minimum Gasteiger partial charge on any atom is -0.327 e. The van der Waals surface area contributed by atoms with E-state index in [1.54, 1.807) is 11.3 Å². The fourth-order valence-electron chi connectivity index (χ4n) is 2.22. The summed E-state index contributed by atoms with van der Waals surface area (Å²) >= 11 is 1.76. The van der Waals surface area contributed by atoms with Crippen LogP contribution in [0.15, 0.2) is 35.7 Å². The maximum Gasteiger partial charge on any atom is 0.0935 e. The molecule has 1 saturated carbocycles. The fourth-order valence-corrected chi connectivity index (χ4v) is 3.12. The van der Waals surface area contributed by atoms with Gasteiger partial charge in [0.05, 0.1) is 10.7 Å². The van der Waals surface area contributed by atoms with Crippen LogP contribution in [0, 0.1) is 5.92 Å². The van der Waals surface area contributed by atoms with E-state index in [9.17, 15) is 0 Å². The second-order valence-electron chi connectivity index (χ2n) is 4.70. The SMILES string of the molecule is NC1CCC1Cc1nc(-c2ccccc2)cs1. The third kappa shape index (κ3) is 2.26. The molecule has 2 atom stereocenters. The standard InChI is InChI=1S/C14H16N2S/c15-12-7-6-11(12)8-14-16-13(9-17-14)10-4-2-1-3-5-10/h1-5,9,11-12H,6-8,15H2. The van der Waals surface area contributed by atoms with Crippen LogP contribution in [0.4, 0.5) is 0 Å². The van der Waals surface area contributed by atoms with Crippen molar-refractivity contribution in [1.29, 1.82) is 0 Å². The molecule has 0 radical (unpaired) electrons. The first-order chi connectivity index (χ1) is 8.33. The van der Waals surface area contributed by atoms with E-state index in [1.807, 2.05) is 6.07 Å². The van der Waals surface area contributed by atoms with Gasteiger partial charge in [0.1, 0.15) is 0 Å². The molecule has 17 heavy (non-hydrogen) atoms. The second-order valence-corrected chi connectivity index (χ2v) is 5.64. The van der Waals surface area contributed by atoms with Crippen LogP contribution in [0.3, 0.4) is 0 Å². The van der Waals surface area contributed by atoms with Crippen LogP contribution in [-0.2, 0) is 6.42 Å². The minimum absolute atomic E-state index is 0.402. The zero-order valence-electron chi connectivity index (χ0n) is 9.67. The smallest absolute Gasteiger partial charge is 0.0935 e. The van der Waals surface area contributed by atoms with Crippen LogP contribution in [0.1, 0.15) is 17.8 Å². The Labute approximate surface area is 106 Å². The lowest BCUT2D eigenvalue weighted by atomic mass is 9.78. The molecule has 0 amide bonds. The molecule has 0 saturated heterocycles. The van der Waals surface area contributed by atoms with Gasteiger partial charge in [-0.3, -0.25) is 0 Å². The molecular formula is C14H16N2S. The molecule has 2 unspecified atom stereocenters. The first kappa shape index (κ1) is 10.9. The number of thiazole rings is 1. The lowest BCUT2D eigenvalue weighted by Crippen LogP contribution is -2.40. The Bertz CT molecular complexity index is 492. The zero-order chi connectivity index (χ0) is 11.7. The van der Waals surface area contributed by atoms with Gasteiger partial charge in [-0.15, -0.1) is 11.3 Å². The van der Waals surface area contributed by atoms with Crippen LogP contribution < -0.4 is 5.73 Å². The van der Waals surface area contributed by atoms with Crippen LogP contribution in [0.25, 0.3) is 11.3 Å². The van der Waals surface area contributed by atoms with E-state index in [4.69, 9.17) is 10.7 Å². The molecule has 0 bridgehead atoms. The van der Waals surface area contributed by atoms with Crippen molar-refractivity contribution < 1.29 is 0 Å². The number of hydrogen-bond donors (Lipinski definition) is 1. The molecule has 3 rings (SSSR count). The Balaban J connectivity index is 1.74. The van der Waals surface area contributed by atoms with Gasteiger partial charge in [-0.1, -0.05) is 30.3 Å². The van der Waals surface area contributed by atoms with Crippen molar-refractivity contribution in [3.63, 3.8) is 0 Å². The predicted octanol–water partition coefficient (Wildman–Crippen LogP) is 3.09. The lowest BCUT2D eigenvalue weighted by Gasteiger charge is -2.32. The summed E-state index contributed by atoms with van der Waals surface area (Å²) in [6.07, 6.45) is 3.50. The van der Waals surface area contributed by atoms with Crippen LogP contribution >= 0.6 is 11.3 Å². The summed E-state index contributed by atoms with van der Waals surface area (Å²) in [6, 6.07) is 10.7. The summed E-state index contributed by atoms with van der Waals surface area (Å²) in [6.45, 7) is 0. The molecule has 2 aromatic rings. The molecule has 1 aliphatic rings. The Hall–Kier alpha value is -1.19. The zero-order valence-corrected chi connectivity index (χ0v) is 10.5. The number of nitrogens with two attached hydrogens (primary N) is 1. The highest BCUT2D eigenvalue weighted by Gasteiger charge is 2.28. The number of benzene rings is 1. The van der Waals surface area contributed by atoms with Crippen LogP contribution in [0.2, 0.25) is 0 Å². The van der Waals surface area contributed by atoms with Crippen molar-refractivity contribution in [3.8, 4) is 11.3 Å². The van der Waals surface area contributed by atoms with Crippen molar-refractivity contribution in [3.05, 3.63) is 40.7 Å². The maximum absolute atomic E-state index is 5.97. The Morgan fingerprint density at radius 2 is 2.06 bits per heavy atom. The molecule has 1 heterocycles. The fraction of sp³-hybridized carbons (Fsp3) is 0.357. The summed E-state index contributed by atoms with van der Waals surface area (Å²) in [4.78, 5) is 4.70. The summed E-state index contributed by atoms with van der Waals surface area (Å²) < 4.78 is 0. The normalized spacial score (nSPS) is 23.4. The topological polar surface area (TPSA) is 38.9 Å². The van der Waals surface area contributed by atoms with Crippen molar-refractivity contribution in [2.45, 2.75) is 25.3 Å². The number of aromatic nitrogens is 1.